The molecule has 0 saturated heterocycles. The summed E-state index contributed by atoms with van der Waals surface area (Å²) in [6.07, 6.45) is -0.945. The summed E-state index contributed by atoms with van der Waals surface area (Å²) in [7, 11) is 0. The molecule has 1 heterocycles. The summed E-state index contributed by atoms with van der Waals surface area (Å²) >= 11 is 3.52. The lowest BCUT2D eigenvalue weighted by Gasteiger charge is -2.21. The maximum absolute atomic E-state index is 14.0. The van der Waals surface area contributed by atoms with E-state index in [1.165, 1.54) is 0 Å². The average molecular weight is 592 g/mol. The van der Waals surface area contributed by atoms with Crippen LogP contribution in [0.15, 0.2) is 77.3 Å². The van der Waals surface area contributed by atoms with Crippen molar-refractivity contribution in [3.05, 3.63) is 99.5 Å². The number of hydrogen-bond acceptors (Lipinski definition) is 4. The number of nitrogens with one attached hydrogen (secondary N) is 1. The van der Waals surface area contributed by atoms with E-state index >= 15 is 0 Å². The van der Waals surface area contributed by atoms with Crippen LogP contribution in [0.2, 0.25) is 0 Å². The number of ether oxygens (including phenoxy) is 1. The first-order chi connectivity index (χ1) is 18.8. The minimum absolute atomic E-state index is 0.0494. The van der Waals surface area contributed by atoms with Gasteiger partial charge in [-0.05, 0) is 55.2 Å². The van der Waals surface area contributed by atoms with Gasteiger partial charge in [0.1, 0.15) is 0 Å². The number of fused-ring (bicyclic) bond motifs is 1. The second kappa shape index (κ2) is 13.0. The van der Waals surface area contributed by atoms with E-state index < -0.39 is 12.3 Å². The zero-order chi connectivity index (χ0) is 27.9. The standard InChI is InChI=1S/C32H32BrFN2O3/c1-4-10-28(34)39-29(37)17-23(25-14-9-8-11-20(25)2)19-35-32(38)30-21(3)31(22-12-6-5-7-13-22)36-27-16-15-24(33)18-26(27)30/h5-9,11-16,18,23,28H,4,10,17,19H2,1-3H3,(H,35,38). The Morgan fingerprint density at radius 1 is 1.03 bits per heavy atom. The van der Waals surface area contributed by atoms with Crippen LogP contribution in [0.4, 0.5) is 4.39 Å². The fourth-order valence-corrected chi connectivity index (χ4v) is 5.18. The van der Waals surface area contributed by atoms with Crippen molar-refractivity contribution in [1.82, 2.24) is 10.3 Å². The van der Waals surface area contributed by atoms with Crippen LogP contribution < -0.4 is 5.32 Å². The zero-order valence-electron chi connectivity index (χ0n) is 22.3. The van der Waals surface area contributed by atoms with E-state index in [2.05, 4.69) is 21.2 Å². The molecule has 0 bridgehead atoms. The van der Waals surface area contributed by atoms with Crippen molar-refractivity contribution >= 4 is 38.7 Å². The normalized spacial score (nSPS) is 12.6. The van der Waals surface area contributed by atoms with Gasteiger partial charge in [-0.2, -0.15) is 0 Å². The number of nitrogens with zero attached hydrogens (tertiary/aromatic N) is 1. The van der Waals surface area contributed by atoms with Crippen molar-refractivity contribution in [3.63, 3.8) is 0 Å². The first-order valence-corrected chi connectivity index (χ1v) is 13.9. The number of aryl methyl sites for hydroxylation is 1. The Morgan fingerprint density at radius 2 is 1.74 bits per heavy atom. The predicted octanol–water partition coefficient (Wildman–Crippen LogP) is 7.82. The molecule has 4 aromatic rings. The van der Waals surface area contributed by atoms with E-state index in [1.54, 1.807) is 0 Å². The Labute approximate surface area is 236 Å². The Kier molecular flexibility index (Phi) is 9.46. The van der Waals surface area contributed by atoms with Crippen molar-refractivity contribution in [2.24, 2.45) is 0 Å². The van der Waals surface area contributed by atoms with Gasteiger partial charge in [0.15, 0.2) is 0 Å². The zero-order valence-corrected chi connectivity index (χ0v) is 23.9. The van der Waals surface area contributed by atoms with E-state index in [-0.39, 0.29) is 31.2 Å². The third-order valence-corrected chi connectivity index (χ3v) is 7.28. The lowest BCUT2D eigenvalue weighted by molar-refractivity contribution is -0.158. The molecule has 7 heteroatoms. The van der Waals surface area contributed by atoms with Gasteiger partial charge in [-0.15, -0.1) is 0 Å². The van der Waals surface area contributed by atoms with Crippen molar-refractivity contribution < 1.29 is 18.7 Å². The second-order valence-electron chi connectivity index (χ2n) is 9.64. The molecule has 1 N–H and O–H groups in total. The van der Waals surface area contributed by atoms with Crippen molar-refractivity contribution in [1.29, 1.82) is 0 Å². The van der Waals surface area contributed by atoms with Gasteiger partial charge < -0.3 is 10.1 Å². The lowest BCUT2D eigenvalue weighted by Crippen LogP contribution is -2.31. The quantitative estimate of drug-likeness (QED) is 0.191. The van der Waals surface area contributed by atoms with Crippen LogP contribution in [-0.4, -0.2) is 29.8 Å². The number of carbonyl (C=O) groups excluding carboxylic acids is 2. The molecule has 0 saturated carbocycles. The number of alkyl halides is 1. The Morgan fingerprint density at radius 3 is 2.46 bits per heavy atom. The van der Waals surface area contributed by atoms with Gasteiger partial charge in [-0.25, -0.2) is 9.37 Å². The molecule has 1 amide bonds. The number of amides is 1. The van der Waals surface area contributed by atoms with Crippen LogP contribution in [-0.2, 0) is 9.53 Å². The highest BCUT2D eigenvalue weighted by molar-refractivity contribution is 9.10. The minimum atomic E-state index is -1.63. The van der Waals surface area contributed by atoms with Crippen LogP contribution in [0.3, 0.4) is 0 Å². The summed E-state index contributed by atoms with van der Waals surface area (Å²) in [6, 6.07) is 23.1. The SMILES string of the molecule is CCCC(F)OC(=O)CC(CNC(=O)c1c(C)c(-c2ccccc2)nc2ccc(Br)cc12)c1ccccc1C. The maximum Gasteiger partial charge on any atom is 0.309 e. The number of rotatable bonds is 10. The van der Waals surface area contributed by atoms with Gasteiger partial charge in [-0.3, -0.25) is 9.59 Å². The first-order valence-electron chi connectivity index (χ1n) is 13.1. The Balaban J connectivity index is 1.66. The average Bonchev–Trinajstić information content (AvgIpc) is 2.91. The van der Waals surface area contributed by atoms with Crippen LogP contribution in [0, 0.1) is 13.8 Å². The van der Waals surface area contributed by atoms with Gasteiger partial charge in [0.05, 0.1) is 23.2 Å². The molecule has 202 valence electrons. The molecular weight excluding hydrogens is 559 g/mol. The summed E-state index contributed by atoms with van der Waals surface area (Å²) in [5, 5.41) is 3.78. The van der Waals surface area contributed by atoms with Gasteiger partial charge in [0.2, 0.25) is 6.36 Å². The molecule has 1 aromatic heterocycles. The highest BCUT2D eigenvalue weighted by atomic mass is 79.9. The molecule has 0 spiro atoms. The van der Waals surface area contributed by atoms with E-state index in [9.17, 15) is 14.0 Å². The molecule has 39 heavy (non-hydrogen) atoms. The highest BCUT2D eigenvalue weighted by Crippen LogP contribution is 2.32. The number of pyridine rings is 1. The van der Waals surface area contributed by atoms with Crippen molar-refractivity contribution in [3.8, 4) is 11.3 Å². The van der Waals surface area contributed by atoms with Crippen LogP contribution in [0.1, 0.15) is 59.2 Å². The maximum atomic E-state index is 14.0. The lowest BCUT2D eigenvalue weighted by atomic mass is 9.91. The van der Waals surface area contributed by atoms with E-state index in [0.29, 0.717) is 17.5 Å². The van der Waals surface area contributed by atoms with Crippen molar-refractivity contribution in [2.75, 3.05) is 6.54 Å². The van der Waals surface area contributed by atoms with Gasteiger partial charge in [-0.1, -0.05) is 77.5 Å². The third kappa shape index (κ3) is 6.90. The van der Waals surface area contributed by atoms with Gasteiger partial charge in [0, 0.05) is 34.3 Å². The molecule has 3 aromatic carbocycles. The van der Waals surface area contributed by atoms with Crippen LogP contribution in [0.5, 0.6) is 0 Å². The summed E-state index contributed by atoms with van der Waals surface area (Å²) in [6.45, 7) is 5.87. The molecule has 0 radical (unpaired) electrons. The first kappa shape index (κ1) is 28.4. The summed E-state index contributed by atoms with van der Waals surface area (Å²) in [4.78, 5) is 31.3. The number of esters is 1. The number of carbonyl (C=O) groups is 2. The molecule has 2 atom stereocenters. The number of aromatic nitrogens is 1. The summed E-state index contributed by atoms with van der Waals surface area (Å²) in [5.74, 6) is -1.28. The van der Waals surface area contributed by atoms with E-state index in [1.807, 2.05) is 93.6 Å². The monoisotopic (exact) mass is 590 g/mol. The molecule has 4 rings (SSSR count). The molecular formula is C32H32BrFN2O3. The molecule has 0 fully saturated rings. The van der Waals surface area contributed by atoms with Crippen LogP contribution >= 0.6 is 15.9 Å². The highest BCUT2D eigenvalue weighted by Gasteiger charge is 2.24. The fourth-order valence-electron chi connectivity index (χ4n) is 4.82. The summed E-state index contributed by atoms with van der Waals surface area (Å²) in [5.41, 5.74) is 5.54. The topological polar surface area (TPSA) is 68.3 Å². The smallest absolute Gasteiger partial charge is 0.309 e. The molecule has 0 aliphatic rings. The van der Waals surface area contributed by atoms with Gasteiger partial charge in [0.25, 0.3) is 5.91 Å². The minimum Gasteiger partial charge on any atom is -0.431 e. The Hall–Kier alpha value is -3.58. The Bertz CT molecular complexity index is 1480. The third-order valence-electron chi connectivity index (χ3n) is 6.79. The molecule has 0 aliphatic heterocycles. The number of halogens is 2. The molecule has 0 aliphatic carbocycles. The molecule has 2 unspecified atom stereocenters. The largest absolute Gasteiger partial charge is 0.431 e. The van der Waals surface area contributed by atoms with E-state index in [0.717, 1.165) is 37.8 Å². The van der Waals surface area contributed by atoms with Crippen molar-refractivity contribution in [2.45, 2.75) is 52.3 Å². The fraction of sp³-hybridized carbons (Fsp3) is 0.281. The second-order valence-corrected chi connectivity index (χ2v) is 10.6. The predicted molar refractivity (Wildman–Crippen MR) is 156 cm³/mol. The number of hydrogen-bond donors (Lipinski definition) is 1. The van der Waals surface area contributed by atoms with Crippen LogP contribution in [0.25, 0.3) is 22.2 Å². The van der Waals surface area contributed by atoms with E-state index in [4.69, 9.17) is 9.72 Å². The number of benzene rings is 3. The molecule has 5 nitrogen and oxygen atoms in total. The summed E-state index contributed by atoms with van der Waals surface area (Å²) < 4.78 is 19.8. The van der Waals surface area contributed by atoms with Gasteiger partial charge >= 0.3 is 5.97 Å².